The first-order valence-corrected chi connectivity index (χ1v) is 6.16. The number of hydrogen-bond acceptors (Lipinski definition) is 3. The Morgan fingerprint density at radius 1 is 1.60 bits per heavy atom. The molecule has 0 N–H and O–H groups in total. The molecule has 1 saturated heterocycles. The molecule has 0 radical (unpaired) electrons. The minimum Gasteiger partial charge on any atom is -0.381 e. The zero-order valence-electron chi connectivity index (χ0n) is 9.21. The second-order valence-corrected chi connectivity index (χ2v) is 5.64. The van der Waals surface area contributed by atoms with Crippen LogP contribution in [0.2, 0.25) is 0 Å². The number of ketones is 1. The van der Waals surface area contributed by atoms with E-state index in [1.54, 1.807) is 11.3 Å². The molecule has 1 atom stereocenters. The molecule has 0 spiro atoms. The Hall–Kier alpha value is -0.670. The van der Waals surface area contributed by atoms with Gasteiger partial charge in [0.25, 0.3) is 0 Å². The maximum Gasteiger partial charge on any atom is 0.164 e. The summed E-state index contributed by atoms with van der Waals surface area (Å²) < 4.78 is 5.28. The average molecular weight is 224 g/mol. The summed E-state index contributed by atoms with van der Waals surface area (Å²) in [6, 6.07) is 2.01. The molecule has 15 heavy (non-hydrogen) atoms. The zero-order chi connectivity index (χ0) is 10.8. The van der Waals surface area contributed by atoms with Gasteiger partial charge in [-0.3, -0.25) is 4.79 Å². The molecule has 3 heteroatoms. The third kappa shape index (κ3) is 2.47. The molecular weight excluding hydrogens is 208 g/mol. The first-order chi connectivity index (χ1) is 7.16. The highest BCUT2D eigenvalue weighted by atomic mass is 32.1. The van der Waals surface area contributed by atoms with E-state index in [-0.39, 0.29) is 5.78 Å². The van der Waals surface area contributed by atoms with Crippen LogP contribution in [0.25, 0.3) is 0 Å². The molecule has 1 aromatic rings. The van der Waals surface area contributed by atoms with Crippen molar-refractivity contribution >= 4 is 17.1 Å². The highest BCUT2D eigenvalue weighted by Gasteiger charge is 2.21. The van der Waals surface area contributed by atoms with Crippen molar-refractivity contribution in [1.82, 2.24) is 0 Å². The monoisotopic (exact) mass is 224 g/mol. The number of rotatable bonds is 3. The van der Waals surface area contributed by atoms with Crippen molar-refractivity contribution in [3.63, 3.8) is 0 Å². The van der Waals surface area contributed by atoms with E-state index < -0.39 is 0 Å². The fourth-order valence-electron chi connectivity index (χ4n) is 2.02. The lowest BCUT2D eigenvalue weighted by atomic mass is 9.98. The van der Waals surface area contributed by atoms with Crippen LogP contribution in [0.5, 0.6) is 0 Å². The summed E-state index contributed by atoms with van der Waals surface area (Å²) in [5.74, 6) is 0.726. The van der Waals surface area contributed by atoms with Crippen LogP contribution in [0.3, 0.4) is 0 Å². The van der Waals surface area contributed by atoms with Crippen LogP contribution >= 0.6 is 11.3 Å². The molecular formula is C12H16O2S. The van der Waals surface area contributed by atoms with Gasteiger partial charge in [-0.1, -0.05) is 0 Å². The lowest BCUT2D eigenvalue weighted by Crippen LogP contribution is -2.08. The molecule has 1 aromatic heterocycles. The Morgan fingerprint density at radius 3 is 2.93 bits per heavy atom. The molecule has 1 aliphatic heterocycles. The van der Waals surface area contributed by atoms with Crippen LogP contribution in [0.15, 0.2) is 6.07 Å². The van der Waals surface area contributed by atoms with E-state index in [9.17, 15) is 4.79 Å². The molecule has 0 amide bonds. The molecule has 1 unspecified atom stereocenters. The highest BCUT2D eigenvalue weighted by Crippen LogP contribution is 2.25. The molecule has 2 heterocycles. The van der Waals surface area contributed by atoms with Gasteiger partial charge in [0.1, 0.15) is 0 Å². The number of thiophene rings is 1. The fourth-order valence-corrected chi connectivity index (χ4v) is 2.97. The van der Waals surface area contributed by atoms with Gasteiger partial charge in [-0.05, 0) is 32.3 Å². The van der Waals surface area contributed by atoms with E-state index in [0.29, 0.717) is 12.3 Å². The summed E-state index contributed by atoms with van der Waals surface area (Å²) in [5, 5.41) is 0. The smallest absolute Gasteiger partial charge is 0.164 e. The Kier molecular flexibility index (Phi) is 3.22. The molecule has 2 nitrogen and oxygen atoms in total. The van der Waals surface area contributed by atoms with Crippen LogP contribution in [0.4, 0.5) is 0 Å². The van der Waals surface area contributed by atoms with Crippen LogP contribution in [0.1, 0.15) is 33.0 Å². The summed E-state index contributed by atoms with van der Waals surface area (Å²) >= 11 is 1.70. The normalized spacial score (nSPS) is 20.8. The van der Waals surface area contributed by atoms with Gasteiger partial charge >= 0.3 is 0 Å². The van der Waals surface area contributed by atoms with E-state index in [0.717, 1.165) is 30.1 Å². The van der Waals surface area contributed by atoms with Gasteiger partial charge in [-0.25, -0.2) is 0 Å². The van der Waals surface area contributed by atoms with Crippen molar-refractivity contribution in [2.45, 2.75) is 26.7 Å². The van der Waals surface area contributed by atoms with E-state index in [4.69, 9.17) is 4.74 Å². The average Bonchev–Trinajstić information content (AvgIpc) is 2.75. The second kappa shape index (κ2) is 4.45. The van der Waals surface area contributed by atoms with Gasteiger partial charge in [0.2, 0.25) is 0 Å². The lowest BCUT2D eigenvalue weighted by Gasteiger charge is -2.05. The minimum atomic E-state index is 0.285. The third-order valence-corrected chi connectivity index (χ3v) is 3.81. The molecule has 82 valence electrons. The lowest BCUT2D eigenvalue weighted by molar-refractivity contribution is 0.0952. The minimum absolute atomic E-state index is 0.285. The van der Waals surface area contributed by atoms with Crippen molar-refractivity contribution in [2.24, 2.45) is 5.92 Å². The number of Topliss-reactive ketones (excluding diaryl/α,β-unsaturated/α-hetero) is 1. The van der Waals surface area contributed by atoms with E-state index in [1.807, 2.05) is 19.9 Å². The number of carbonyl (C=O) groups excluding carboxylic acids is 1. The SMILES string of the molecule is Cc1cc(C(=O)CC2CCOC2)c(C)s1. The van der Waals surface area contributed by atoms with Gasteiger partial charge in [-0.15, -0.1) is 11.3 Å². The standard InChI is InChI=1S/C12H16O2S/c1-8-5-11(9(2)15-8)12(13)6-10-3-4-14-7-10/h5,10H,3-4,6-7H2,1-2H3. The maximum absolute atomic E-state index is 12.0. The third-order valence-electron chi connectivity index (χ3n) is 2.84. The van der Waals surface area contributed by atoms with Crippen LogP contribution < -0.4 is 0 Å². The summed E-state index contributed by atoms with van der Waals surface area (Å²) in [6.07, 6.45) is 1.69. The zero-order valence-corrected chi connectivity index (χ0v) is 10.0. The Bertz CT molecular complexity index is 362. The molecule has 0 bridgehead atoms. The number of ether oxygens (including phenoxy) is 1. The van der Waals surface area contributed by atoms with E-state index in [2.05, 4.69) is 0 Å². The van der Waals surface area contributed by atoms with Gasteiger partial charge in [0.15, 0.2) is 5.78 Å². The Labute approximate surface area is 94.3 Å². The van der Waals surface area contributed by atoms with Crippen molar-refractivity contribution in [2.75, 3.05) is 13.2 Å². The maximum atomic E-state index is 12.0. The first kappa shape index (κ1) is 10.8. The van der Waals surface area contributed by atoms with Crippen molar-refractivity contribution < 1.29 is 9.53 Å². The quantitative estimate of drug-likeness (QED) is 0.738. The van der Waals surface area contributed by atoms with Gasteiger partial charge < -0.3 is 4.74 Å². The molecule has 0 aliphatic carbocycles. The van der Waals surface area contributed by atoms with Crippen LogP contribution in [-0.2, 0) is 4.74 Å². The predicted molar refractivity (Wildman–Crippen MR) is 61.7 cm³/mol. The van der Waals surface area contributed by atoms with Crippen molar-refractivity contribution in [1.29, 1.82) is 0 Å². The van der Waals surface area contributed by atoms with Gasteiger partial charge in [-0.2, -0.15) is 0 Å². The Balaban J connectivity index is 2.03. The van der Waals surface area contributed by atoms with E-state index in [1.165, 1.54) is 4.88 Å². The number of carbonyl (C=O) groups is 1. The number of hydrogen-bond donors (Lipinski definition) is 0. The molecule has 1 aliphatic rings. The van der Waals surface area contributed by atoms with Crippen molar-refractivity contribution in [3.8, 4) is 0 Å². The van der Waals surface area contributed by atoms with Gasteiger partial charge in [0, 0.05) is 35.0 Å². The largest absolute Gasteiger partial charge is 0.381 e. The summed E-state index contributed by atoms with van der Waals surface area (Å²) in [5.41, 5.74) is 0.921. The molecule has 0 saturated carbocycles. The molecule has 1 fully saturated rings. The first-order valence-electron chi connectivity index (χ1n) is 5.35. The van der Waals surface area contributed by atoms with Gasteiger partial charge in [0.05, 0.1) is 0 Å². The Morgan fingerprint density at radius 2 is 2.40 bits per heavy atom. The molecule has 2 rings (SSSR count). The van der Waals surface area contributed by atoms with Crippen LogP contribution in [0, 0.1) is 19.8 Å². The highest BCUT2D eigenvalue weighted by molar-refractivity contribution is 7.12. The predicted octanol–water partition coefficient (Wildman–Crippen LogP) is 2.97. The van der Waals surface area contributed by atoms with Crippen LogP contribution in [-0.4, -0.2) is 19.0 Å². The summed E-state index contributed by atoms with van der Waals surface area (Å²) in [6.45, 7) is 5.65. The fraction of sp³-hybridized carbons (Fsp3) is 0.583. The van der Waals surface area contributed by atoms with Crippen molar-refractivity contribution in [3.05, 3.63) is 21.4 Å². The second-order valence-electron chi connectivity index (χ2n) is 4.18. The molecule has 0 aromatic carbocycles. The number of aryl methyl sites for hydroxylation is 2. The topological polar surface area (TPSA) is 26.3 Å². The van der Waals surface area contributed by atoms with E-state index >= 15 is 0 Å². The summed E-state index contributed by atoms with van der Waals surface area (Å²) in [4.78, 5) is 14.4. The summed E-state index contributed by atoms with van der Waals surface area (Å²) in [7, 11) is 0.